The van der Waals surface area contributed by atoms with Crippen molar-refractivity contribution in [3.8, 4) is 11.8 Å². The smallest absolute Gasteiger partial charge is 0.134 e. The summed E-state index contributed by atoms with van der Waals surface area (Å²) in [6.45, 7) is 0.500. The van der Waals surface area contributed by atoms with Crippen LogP contribution < -0.4 is 4.74 Å². The molecule has 0 spiro atoms. The Bertz CT molecular complexity index is 1050. The molecule has 1 aliphatic carbocycles. The number of thiophene rings is 1. The largest absolute Gasteiger partial charge is 0.488 e. The number of nitriles is 1. The summed E-state index contributed by atoms with van der Waals surface area (Å²) in [4.78, 5) is 6.00. The van der Waals surface area contributed by atoms with E-state index in [2.05, 4.69) is 27.0 Å². The zero-order valence-corrected chi connectivity index (χ0v) is 17.7. The topological polar surface area (TPSA) is 45.4 Å². The van der Waals surface area contributed by atoms with Crippen molar-refractivity contribution in [1.29, 1.82) is 5.26 Å². The Labute approximate surface area is 177 Å². The molecule has 1 heterocycles. The molecule has 0 atom stereocenters. The molecule has 0 amide bonds. The number of ether oxygens (including phenoxy) is 1. The molecule has 1 aromatic heterocycles. The molecule has 0 saturated heterocycles. The maximum absolute atomic E-state index is 9.62. The minimum absolute atomic E-state index is 0.500. The molecule has 4 rings (SSSR count). The fourth-order valence-corrected chi connectivity index (χ4v) is 4.94. The summed E-state index contributed by atoms with van der Waals surface area (Å²) < 4.78 is 7.00. The van der Waals surface area contributed by atoms with Crippen LogP contribution in [0.15, 0.2) is 58.0 Å². The molecule has 1 aliphatic rings. The zero-order valence-electron chi connectivity index (χ0n) is 15.3. The molecule has 0 aliphatic heterocycles. The van der Waals surface area contributed by atoms with Crippen LogP contribution in [0, 0.1) is 11.3 Å². The molecule has 3 nitrogen and oxygen atoms in total. The number of hydrogen-bond donors (Lipinski definition) is 0. The van der Waals surface area contributed by atoms with Crippen molar-refractivity contribution in [2.75, 3.05) is 0 Å². The van der Waals surface area contributed by atoms with E-state index in [-0.39, 0.29) is 0 Å². The highest BCUT2D eigenvalue weighted by Gasteiger charge is 2.20. The monoisotopic (exact) mass is 450 g/mol. The average Bonchev–Trinajstić information content (AvgIpc) is 3.09. The molecule has 140 valence electrons. The van der Waals surface area contributed by atoms with Gasteiger partial charge < -0.3 is 4.74 Å². The predicted octanol–water partition coefficient (Wildman–Crippen LogP) is 6.59. The maximum Gasteiger partial charge on any atom is 0.134 e. The zero-order chi connectivity index (χ0) is 19.3. The summed E-state index contributed by atoms with van der Waals surface area (Å²) in [5, 5.41) is 10.4. The summed E-state index contributed by atoms with van der Waals surface area (Å²) >= 11 is 5.18. The Morgan fingerprint density at radius 2 is 1.96 bits per heavy atom. The number of fused-ring (bicyclic) bond motifs is 1. The van der Waals surface area contributed by atoms with E-state index in [9.17, 15) is 5.26 Å². The molecule has 5 heteroatoms. The van der Waals surface area contributed by atoms with Crippen LogP contribution in [0.4, 0.5) is 5.00 Å². The molecule has 28 heavy (non-hydrogen) atoms. The second-order valence-corrected chi connectivity index (χ2v) is 8.72. The van der Waals surface area contributed by atoms with E-state index in [0.29, 0.717) is 6.61 Å². The molecular weight excluding hydrogens is 432 g/mol. The lowest BCUT2D eigenvalue weighted by Crippen LogP contribution is -1.99. The number of rotatable bonds is 5. The molecule has 0 radical (unpaired) electrons. The molecule has 0 saturated carbocycles. The third kappa shape index (κ3) is 4.19. The van der Waals surface area contributed by atoms with Gasteiger partial charge in [0.1, 0.15) is 23.4 Å². The molecule has 0 fully saturated rings. The van der Waals surface area contributed by atoms with Gasteiger partial charge in [0.2, 0.25) is 0 Å². The Morgan fingerprint density at radius 3 is 2.79 bits per heavy atom. The highest BCUT2D eigenvalue weighted by molar-refractivity contribution is 9.10. The van der Waals surface area contributed by atoms with Crippen molar-refractivity contribution in [1.82, 2.24) is 0 Å². The maximum atomic E-state index is 9.62. The summed E-state index contributed by atoms with van der Waals surface area (Å²) in [7, 11) is 0. The first-order chi connectivity index (χ1) is 13.7. The van der Waals surface area contributed by atoms with Gasteiger partial charge in [-0.25, -0.2) is 4.99 Å². The Kier molecular flexibility index (Phi) is 5.90. The average molecular weight is 451 g/mol. The minimum Gasteiger partial charge on any atom is -0.488 e. The Hall–Kier alpha value is -2.42. The van der Waals surface area contributed by atoms with Gasteiger partial charge in [0, 0.05) is 21.1 Å². The normalized spacial score (nSPS) is 13.3. The van der Waals surface area contributed by atoms with Gasteiger partial charge in [0.15, 0.2) is 0 Å². The number of benzene rings is 2. The van der Waals surface area contributed by atoms with Gasteiger partial charge >= 0.3 is 0 Å². The van der Waals surface area contributed by atoms with E-state index in [1.165, 1.54) is 16.9 Å². The highest BCUT2D eigenvalue weighted by atomic mass is 79.9. The third-order valence-corrected chi connectivity index (χ3v) is 6.49. The lowest BCUT2D eigenvalue weighted by molar-refractivity contribution is 0.306. The number of hydrogen-bond acceptors (Lipinski definition) is 4. The summed E-state index contributed by atoms with van der Waals surface area (Å²) in [5.41, 5.74) is 3.96. The van der Waals surface area contributed by atoms with Gasteiger partial charge in [0.25, 0.3) is 0 Å². The van der Waals surface area contributed by atoms with Crippen LogP contribution >= 0.6 is 27.3 Å². The number of aliphatic imine (C=N–C) groups is 1. The minimum atomic E-state index is 0.500. The third-order valence-electron chi connectivity index (χ3n) is 4.79. The first-order valence-electron chi connectivity index (χ1n) is 9.29. The van der Waals surface area contributed by atoms with Gasteiger partial charge in [-0.1, -0.05) is 46.3 Å². The first kappa shape index (κ1) is 18.9. The lowest BCUT2D eigenvalue weighted by Gasteiger charge is -2.09. The van der Waals surface area contributed by atoms with Crippen LogP contribution in [0.2, 0.25) is 0 Å². The van der Waals surface area contributed by atoms with Crippen molar-refractivity contribution in [3.05, 3.63) is 80.1 Å². The van der Waals surface area contributed by atoms with Crippen LogP contribution in [0.3, 0.4) is 0 Å². The van der Waals surface area contributed by atoms with E-state index in [0.717, 1.165) is 51.2 Å². The van der Waals surface area contributed by atoms with E-state index in [1.54, 1.807) is 11.3 Å². The fourth-order valence-electron chi connectivity index (χ4n) is 3.37. The van der Waals surface area contributed by atoms with Crippen molar-refractivity contribution < 1.29 is 4.74 Å². The van der Waals surface area contributed by atoms with Crippen LogP contribution in [0.25, 0.3) is 0 Å². The first-order valence-corrected chi connectivity index (χ1v) is 10.9. The number of aryl methyl sites for hydroxylation is 1. The van der Waals surface area contributed by atoms with Gasteiger partial charge in [-0.05, 0) is 55.0 Å². The number of nitrogens with zero attached hydrogens (tertiary/aromatic N) is 2. The second kappa shape index (κ2) is 8.72. The Morgan fingerprint density at radius 1 is 1.14 bits per heavy atom. The van der Waals surface area contributed by atoms with Crippen LogP contribution in [0.5, 0.6) is 5.75 Å². The SMILES string of the molecule is N#Cc1c(/N=C/c2cc(Br)ccc2OCc2ccccc2)sc2c1CCCC2. The lowest BCUT2D eigenvalue weighted by atomic mass is 9.96. The van der Waals surface area contributed by atoms with Gasteiger partial charge in [-0.15, -0.1) is 11.3 Å². The van der Waals surface area contributed by atoms with Crippen molar-refractivity contribution in [2.24, 2.45) is 4.99 Å². The van der Waals surface area contributed by atoms with Crippen molar-refractivity contribution in [3.63, 3.8) is 0 Å². The van der Waals surface area contributed by atoms with E-state index < -0.39 is 0 Å². The van der Waals surface area contributed by atoms with Gasteiger partial charge in [-0.2, -0.15) is 5.26 Å². The molecule has 3 aromatic rings. The highest BCUT2D eigenvalue weighted by Crippen LogP contribution is 2.39. The molecular formula is C23H19BrN2OS. The fraction of sp³-hybridized carbons (Fsp3) is 0.217. The van der Waals surface area contributed by atoms with Gasteiger partial charge in [0.05, 0.1) is 5.56 Å². The standard InChI is InChI=1S/C23H19BrN2OS/c24-18-10-11-21(27-15-16-6-2-1-3-7-16)17(12-18)14-26-23-20(13-25)19-8-4-5-9-22(19)28-23/h1-3,6-7,10-12,14H,4-5,8-9,15H2/b26-14+. The van der Waals surface area contributed by atoms with Crippen molar-refractivity contribution >= 4 is 38.5 Å². The Balaban J connectivity index is 1.60. The molecule has 2 aromatic carbocycles. The molecule has 0 unspecified atom stereocenters. The molecule has 0 bridgehead atoms. The number of halogens is 1. The van der Waals surface area contributed by atoms with Crippen LogP contribution in [-0.4, -0.2) is 6.21 Å². The summed E-state index contributed by atoms with van der Waals surface area (Å²) in [5.74, 6) is 0.774. The van der Waals surface area contributed by atoms with Gasteiger partial charge in [-0.3, -0.25) is 0 Å². The summed E-state index contributed by atoms with van der Waals surface area (Å²) in [6.07, 6.45) is 6.22. The van der Waals surface area contributed by atoms with Crippen LogP contribution in [-0.2, 0) is 19.4 Å². The van der Waals surface area contributed by atoms with E-state index in [4.69, 9.17) is 4.74 Å². The molecule has 0 N–H and O–H groups in total. The quantitative estimate of drug-likeness (QED) is 0.411. The van der Waals surface area contributed by atoms with E-state index >= 15 is 0 Å². The van der Waals surface area contributed by atoms with E-state index in [1.807, 2.05) is 54.7 Å². The van der Waals surface area contributed by atoms with Crippen LogP contribution in [0.1, 0.15) is 40.0 Å². The summed E-state index contributed by atoms with van der Waals surface area (Å²) in [6, 6.07) is 18.4. The second-order valence-electron chi connectivity index (χ2n) is 6.72. The van der Waals surface area contributed by atoms with Crippen molar-refractivity contribution in [2.45, 2.75) is 32.3 Å². The predicted molar refractivity (Wildman–Crippen MR) is 118 cm³/mol.